The molecule has 1 fully saturated rings. The van der Waals surface area contributed by atoms with E-state index in [-0.39, 0.29) is 18.0 Å². The van der Waals surface area contributed by atoms with E-state index in [9.17, 15) is 4.79 Å². The maximum absolute atomic E-state index is 11.9. The molecule has 118 valence electrons. The molecule has 0 bridgehead atoms. The van der Waals surface area contributed by atoms with Crippen LogP contribution in [0.4, 0.5) is 0 Å². The lowest BCUT2D eigenvalue weighted by molar-refractivity contribution is -0.121. The molecule has 3 N–H and O–H groups in total. The van der Waals surface area contributed by atoms with Crippen LogP contribution in [0.25, 0.3) is 0 Å². The van der Waals surface area contributed by atoms with Gasteiger partial charge in [0, 0.05) is 19.0 Å². The molecular weight excluding hydrogens is 266 g/mol. The summed E-state index contributed by atoms with van der Waals surface area (Å²) in [5, 5.41) is 3.04. The van der Waals surface area contributed by atoms with Crippen molar-refractivity contribution in [3.63, 3.8) is 0 Å². The Labute approximate surface area is 126 Å². The maximum Gasteiger partial charge on any atom is 0.220 e. The molecule has 5 heteroatoms. The number of likely N-dealkylation sites (tertiary alicyclic amines) is 1. The third-order valence-corrected chi connectivity index (χ3v) is 4.01. The zero-order valence-corrected chi connectivity index (χ0v) is 12.9. The number of amides is 1. The van der Waals surface area contributed by atoms with Crippen LogP contribution < -0.4 is 11.1 Å². The molecule has 0 aromatic carbocycles. The third kappa shape index (κ3) is 5.17. The first-order valence-corrected chi connectivity index (χ1v) is 7.96. The third-order valence-electron chi connectivity index (χ3n) is 4.01. The van der Waals surface area contributed by atoms with Crippen molar-refractivity contribution >= 4 is 5.91 Å². The second-order valence-corrected chi connectivity index (χ2v) is 5.95. The van der Waals surface area contributed by atoms with Crippen molar-refractivity contribution in [1.29, 1.82) is 0 Å². The van der Waals surface area contributed by atoms with E-state index in [2.05, 4.69) is 10.2 Å². The molecule has 1 aliphatic heterocycles. The van der Waals surface area contributed by atoms with Gasteiger partial charge < -0.3 is 15.5 Å². The summed E-state index contributed by atoms with van der Waals surface area (Å²) in [4.78, 5) is 14.3. The molecular formula is C16H27N3O2. The fourth-order valence-electron chi connectivity index (χ4n) is 2.83. The number of carbonyl (C=O) groups is 1. The molecule has 21 heavy (non-hydrogen) atoms. The van der Waals surface area contributed by atoms with Gasteiger partial charge in [0.2, 0.25) is 5.91 Å². The molecule has 1 aliphatic rings. The summed E-state index contributed by atoms with van der Waals surface area (Å²) in [5.74, 6) is 1.04. The van der Waals surface area contributed by atoms with Crippen molar-refractivity contribution in [3.05, 3.63) is 24.2 Å². The second-order valence-electron chi connectivity index (χ2n) is 5.95. The fraction of sp³-hybridized carbons (Fsp3) is 0.688. The largest absolute Gasteiger partial charge is 0.468 e. The van der Waals surface area contributed by atoms with E-state index in [1.165, 1.54) is 12.8 Å². The first-order valence-electron chi connectivity index (χ1n) is 7.96. The number of hydrogen-bond donors (Lipinski definition) is 2. The average molecular weight is 293 g/mol. The SMILES string of the molecule is CC(N)CCCC(=O)NCC(c1ccco1)N1CCCC1. The van der Waals surface area contributed by atoms with Crippen LogP contribution in [0.5, 0.6) is 0 Å². The first kappa shape index (κ1) is 16.0. The molecule has 5 nitrogen and oxygen atoms in total. The summed E-state index contributed by atoms with van der Waals surface area (Å²) in [6, 6.07) is 4.21. The highest BCUT2D eigenvalue weighted by atomic mass is 16.3. The van der Waals surface area contributed by atoms with E-state index in [4.69, 9.17) is 10.2 Å². The minimum Gasteiger partial charge on any atom is -0.468 e. The molecule has 0 radical (unpaired) electrons. The number of nitrogens with two attached hydrogens (primary N) is 1. The summed E-state index contributed by atoms with van der Waals surface area (Å²) in [5.41, 5.74) is 5.70. The highest BCUT2D eigenvalue weighted by Crippen LogP contribution is 2.24. The minimum atomic E-state index is 0.103. The van der Waals surface area contributed by atoms with Gasteiger partial charge in [-0.15, -0.1) is 0 Å². The Morgan fingerprint density at radius 3 is 2.86 bits per heavy atom. The summed E-state index contributed by atoms with van der Waals surface area (Å²) in [6.07, 6.45) is 6.42. The van der Waals surface area contributed by atoms with Crippen molar-refractivity contribution in [3.8, 4) is 0 Å². The standard InChI is InChI=1S/C16H27N3O2/c1-13(17)6-4-8-16(20)18-12-14(15-7-5-11-21-15)19-9-2-3-10-19/h5,7,11,13-14H,2-4,6,8-10,12,17H2,1H3,(H,18,20). The van der Waals surface area contributed by atoms with Crippen LogP contribution in [0.1, 0.15) is 50.8 Å². The predicted octanol–water partition coefficient (Wildman–Crippen LogP) is 2.05. The van der Waals surface area contributed by atoms with Crippen LogP contribution in [0.15, 0.2) is 22.8 Å². The molecule has 1 amide bonds. The van der Waals surface area contributed by atoms with E-state index < -0.39 is 0 Å². The van der Waals surface area contributed by atoms with Crippen LogP contribution in [0, 0.1) is 0 Å². The number of nitrogens with zero attached hydrogens (tertiary/aromatic N) is 1. The zero-order chi connectivity index (χ0) is 15.1. The van der Waals surface area contributed by atoms with Gasteiger partial charge in [0.1, 0.15) is 5.76 Å². The molecule has 2 heterocycles. The van der Waals surface area contributed by atoms with Gasteiger partial charge in [-0.3, -0.25) is 9.69 Å². The van der Waals surface area contributed by atoms with Crippen molar-refractivity contribution in [1.82, 2.24) is 10.2 Å². The maximum atomic E-state index is 11.9. The first-order chi connectivity index (χ1) is 10.2. The zero-order valence-electron chi connectivity index (χ0n) is 12.9. The Morgan fingerprint density at radius 1 is 1.48 bits per heavy atom. The fourth-order valence-corrected chi connectivity index (χ4v) is 2.83. The van der Waals surface area contributed by atoms with Gasteiger partial charge in [-0.2, -0.15) is 0 Å². The lowest BCUT2D eigenvalue weighted by Crippen LogP contribution is -2.36. The van der Waals surface area contributed by atoms with Crippen molar-refractivity contribution in [2.24, 2.45) is 5.73 Å². The monoisotopic (exact) mass is 293 g/mol. The normalized spacial score (nSPS) is 18.6. The highest BCUT2D eigenvalue weighted by molar-refractivity contribution is 5.75. The number of furan rings is 1. The van der Waals surface area contributed by atoms with Crippen LogP contribution in [-0.4, -0.2) is 36.5 Å². The van der Waals surface area contributed by atoms with E-state index in [1.54, 1.807) is 6.26 Å². The van der Waals surface area contributed by atoms with E-state index >= 15 is 0 Å². The molecule has 2 rings (SSSR count). The molecule has 2 atom stereocenters. The topological polar surface area (TPSA) is 71.5 Å². The summed E-state index contributed by atoms with van der Waals surface area (Å²) < 4.78 is 5.54. The Bertz CT molecular complexity index is 411. The predicted molar refractivity (Wildman–Crippen MR) is 82.8 cm³/mol. The minimum absolute atomic E-state index is 0.103. The Kier molecular flexibility index (Phi) is 6.26. The van der Waals surface area contributed by atoms with Crippen molar-refractivity contribution in [2.45, 2.75) is 51.1 Å². The Morgan fingerprint density at radius 2 is 2.24 bits per heavy atom. The van der Waals surface area contributed by atoms with Crippen LogP contribution >= 0.6 is 0 Å². The quantitative estimate of drug-likeness (QED) is 0.769. The van der Waals surface area contributed by atoms with E-state index in [0.29, 0.717) is 13.0 Å². The van der Waals surface area contributed by atoms with Gasteiger partial charge in [-0.05, 0) is 57.8 Å². The number of rotatable bonds is 8. The van der Waals surface area contributed by atoms with Crippen LogP contribution in [0.3, 0.4) is 0 Å². The van der Waals surface area contributed by atoms with Gasteiger partial charge in [0.05, 0.1) is 12.3 Å². The molecule has 1 aromatic heterocycles. The van der Waals surface area contributed by atoms with Gasteiger partial charge >= 0.3 is 0 Å². The van der Waals surface area contributed by atoms with Crippen LogP contribution in [-0.2, 0) is 4.79 Å². The molecule has 0 spiro atoms. The molecule has 2 unspecified atom stereocenters. The van der Waals surface area contributed by atoms with Crippen LogP contribution in [0.2, 0.25) is 0 Å². The van der Waals surface area contributed by atoms with E-state index in [0.717, 1.165) is 31.7 Å². The molecule has 0 saturated carbocycles. The lowest BCUT2D eigenvalue weighted by atomic mass is 10.1. The van der Waals surface area contributed by atoms with Gasteiger partial charge in [0.15, 0.2) is 0 Å². The van der Waals surface area contributed by atoms with Crippen molar-refractivity contribution < 1.29 is 9.21 Å². The average Bonchev–Trinajstić information content (AvgIpc) is 3.11. The van der Waals surface area contributed by atoms with Gasteiger partial charge in [-0.25, -0.2) is 0 Å². The van der Waals surface area contributed by atoms with E-state index in [1.807, 2.05) is 19.1 Å². The molecule has 0 aliphatic carbocycles. The summed E-state index contributed by atoms with van der Waals surface area (Å²) >= 11 is 0. The lowest BCUT2D eigenvalue weighted by Gasteiger charge is -2.26. The Hall–Kier alpha value is -1.33. The summed E-state index contributed by atoms with van der Waals surface area (Å²) in [7, 11) is 0. The summed E-state index contributed by atoms with van der Waals surface area (Å²) in [6.45, 7) is 4.74. The number of nitrogens with one attached hydrogen (secondary N) is 1. The van der Waals surface area contributed by atoms with Crippen molar-refractivity contribution in [2.75, 3.05) is 19.6 Å². The number of carbonyl (C=O) groups excluding carboxylic acids is 1. The Balaban J connectivity index is 1.80. The highest BCUT2D eigenvalue weighted by Gasteiger charge is 2.25. The molecule has 1 saturated heterocycles. The number of hydrogen-bond acceptors (Lipinski definition) is 4. The molecule has 1 aromatic rings. The smallest absolute Gasteiger partial charge is 0.220 e. The van der Waals surface area contributed by atoms with Gasteiger partial charge in [-0.1, -0.05) is 0 Å². The van der Waals surface area contributed by atoms with Gasteiger partial charge in [0.25, 0.3) is 0 Å². The second kappa shape index (κ2) is 8.20.